The average molecular weight is 258 g/mol. The number of carbonyl (C=O) groups excluding carboxylic acids is 1. The Hall–Kier alpha value is -2.07. The Morgan fingerprint density at radius 2 is 1.95 bits per heavy atom. The summed E-state index contributed by atoms with van der Waals surface area (Å²) in [4.78, 5) is 11.6. The number of anilines is 1. The molecule has 0 aromatic heterocycles. The second kappa shape index (κ2) is 6.75. The summed E-state index contributed by atoms with van der Waals surface area (Å²) in [6, 6.07) is 13.7. The van der Waals surface area contributed by atoms with E-state index in [1.54, 1.807) is 7.11 Å². The standard InChI is InChI=1S/C15H18N2O2/c1-19-10-4-9-16-15(18)17-14-8-7-12-5-2-3-6-13(12)11-14/h2-3,5-8,11H,4,9-10H2,1H3,(H2,16,17,18). The molecular formula is C15H18N2O2. The molecule has 0 heterocycles. The van der Waals surface area contributed by atoms with Gasteiger partial charge < -0.3 is 15.4 Å². The Bertz CT molecular complexity index is 555. The summed E-state index contributed by atoms with van der Waals surface area (Å²) in [5, 5.41) is 7.88. The highest BCUT2D eigenvalue weighted by Gasteiger charge is 2.01. The van der Waals surface area contributed by atoms with Gasteiger partial charge in [-0.1, -0.05) is 30.3 Å². The van der Waals surface area contributed by atoms with Crippen molar-refractivity contribution < 1.29 is 9.53 Å². The van der Waals surface area contributed by atoms with Crippen molar-refractivity contribution in [2.75, 3.05) is 25.6 Å². The van der Waals surface area contributed by atoms with Crippen LogP contribution in [0.25, 0.3) is 10.8 Å². The molecule has 19 heavy (non-hydrogen) atoms. The Morgan fingerprint density at radius 1 is 1.16 bits per heavy atom. The van der Waals surface area contributed by atoms with Crippen molar-refractivity contribution in [2.45, 2.75) is 6.42 Å². The van der Waals surface area contributed by atoms with Crippen LogP contribution in [0.1, 0.15) is 6.42 Å². The number of ether oxygens (including phenoxy) is 1. The summed E-state index contributed by atoms with van der Waals surface area (Å²) in [7, 11) is 1.65. The lowest BCUT2D eigenvalue weighted by atomic mass is 10.1. The smallest absolute Gasteiger partial charge is 0.319 e. The number of methoxy groups -OCH3 is 1. The average Bonchev–Trinajstić information content (AvgIpc) is 2.43. The van der Waals surface area contributed by atoms with Gasteiger partial charge in [0, 0.05) is 25.9 Å². The van der Waals surface area contributed by atoms with E-state index in [2.05, 4.69) is 10.6 Å². The van der Waals surface area contributed by atoms with E-state index in [-0.39, 0.29) is 6.03 Å². The lowest BCUT2D eigenvalue weighted by Crippen LogP contribution is -2.29. The van der Waals surface area contributed by atoms with Gasteiger partial charge in [0.2, 0.25) is 0 Å². The van der Waals surface area contributed by atoms with Crippen LogP contribution in [-0.4, -0.2) is 26.3 Å². The molecule has 2 N–H and O–H groups in total. The minimum Gasteiger partial charge on any atom is -0.385 e. The van der Waals surface area contributed by atoms with Gasteiger partial charge in [-0.3, -0.25) is 0 Å². The van der Waals surface area contributed by atoms with Gasteiger partial charge >= 0.3 is 6.03 Å². The Morgan fingerprint density at radius 3 is 2.74 bits per heavy atom. The summed E-state index contributed by atoms with van der Waals surface area (Å²) < 4.78 is 4.92. The molecule has 2 aromatic carbocycles. The highest BCUT2D eigenvalue weighted by Crippen LogP contribution is 2.18. The van der Waals surface area contributed by atoms with Gasteiger partial charge in [-0.25, -0.2) is 4.79 Å². The van der Waals surface area contributed by atoms with E-state index in [9.17, 15) is 4.79 Å². The maximum atomic E-state index is 11.6. The van der Waals surface area contributed by atoms with Crippen LogP contribution in [0.4, 0.5) is 10.5 Å². The van der Waals surface area contributed by atoms with Crippen LogP contribution < -0.4 is 10.6 Å². The monoisotopic (exact) mass is 258 g/mol. The van der Waals surface area contributed by atoms with E-state index in [0.29, 0.717) is 13.2 Å². The third-order valence-electron chi connectivity index (χ3n) is 2.82. The van der Waals surface area contributed by atoms with E-state index >= 15 is 0 Å². The number of rotatable bonds is 5. The summed E-state index contributed by atoms with van der Waals surface area (Å²) in [5.74, 6) is 0. The van der Waals surface area contributed by atoms with Crippen molar-refractivity contribution in [3.8, 4) is 0 Å². The Kier molecular flexibility index (Phi) is 4.75. The molecule has 4 heteroatoms. The van der Waals surface area contributed by atoms with Gasteiger partial charge in [0.15, 0.2) is 0 Å². The molecule has 0 saturated carbocycles. The highest BCUT2D eigenvalue weighted by molar-refractivity contribution is 5.93. The molecule has 0 unspecified atom stereocenters. The first-order chi connectivity index (χ1) is 9.29. The normalized spacial score (nSPS) is 10.4. The third-order valence-corrected chi connectivity index (χ3v) is 2.82. The van der Waals surface area contributed by atoms with Crippen LogP contribution in [-0.2, 0) is 4.74 Å². The van der Waals surface area contributed by atoms with Crippen LogP contribution in [0, 0.1) is 0 Å². The number of benzene rings is 2. The number of fused-ring (bicyclic) bond motifs is 1. The zero-order chi connectivity index (χ0) is 13.5. The molecule has 2 aromatic rings. The number of carbonyl (C=O) groups is 1. The SMILES string of the molecule is COCCCNC(=O)Nc1ccc2ccccc2c1. The number of hydrogen-bond acceptors (Lipinski definition) is 2. The van der Waals surface area contributed by atoms with Crippen LogP contribution in [0.2, 0.25) is 0 Å². The highest BCUT2D eigenvalue weighted by atomic mass is 16.5. The van der Waals surface area contributed by atoms with Crippen molar-refractivity contribution in [3.63, 3.8) is 0 Å². The maximum Gasteiger partial charge on any atom is 0.319 e. The molecule has 0 saturated heterocycles. The first-order valence-electron chi connectivity index (χ1n) is 6.32. The van der Waals surface area contributed by atoms with E-state index < -0.39 is 0 Å². The van der Waals surface area contributed by atoms with Crippen molar-refractivity contribution in [1.29, 1.82) is 0 Å². The van der Waals surface area contributed by atoms with Crippen LogP contribution >= 0.6 is 0 Å². The van der Waals surface area contributed by atoms with E-state index in [1.165, 1.54) is 0 Å². The third kappa shape index (κ3) is 3.96. The minimum atomic E-state index is -0.189. The van der Waals surface area contributed by atoms with Crippen LogP contribution in [0.5, 0.6) is 0 Å². The molecule has 0 aliphatic carbocycles. The molecule has 0 aliphatic rings. The van der Waals surface area contributed by atoms with Gasteiger partial charge in [-0.15, -0.1) is 0 Å². The van der Waals surface area contributed by atoms with Crippen molar-refractivity contribution in [2.24, 2.45) is 0 Å². The fraction of sp³-hybridized carbons (Fsp3) is 0.267. The topological polar surface area (TPSA) is 50.4 Å². The summed E-state index contributed by atoms with van der Waals surface area (Å²) >= 11 is 0. The maximum absolute atomic E-state index is 11.6. The van der Waals surface area contributed by atoms with Gasteiger partial charge in [-0.05, 0) is 29.3 Å². The molecular weight excluding hydrogens is 240 g/mol. The van der Waals surface area contributed by atoms with Crippen LogP contribution in [0.3, 0.4) is 0 Å². The first-order valence-corrected chi connectivity index (χ1v) is 6.32. The Labute approximate surface area is 112 Å². The minimum absolute atomic E-state index is 0.189. The van der Waals surface area contributed by atoms with Crippen LogP contribution in [0.15, 0.2) is 42.5 Å². The molecule has 100 valence electrons. The van der Waals surface area contributed by atoms with Gasteiger partial charge in [-0.2, -0.15) is 0 Å². The second-order valence-corrected chi connectivity index (χ2v) is 4.29. The lowest BCUT2D eigenvalue weighted by molar-refractivity contribution is 0.194. The van der Waals surface area contributed by atoms with E-state index in [4.69, 9.17) is 4.74 Å². The van der Waals surface area contributed by atoms with Gasteiger partial charge in [0.05, 0.1) is 0 Å². The molecule has 0 spiro atoms. The predicted molar refractivity (Wildman–Crippen MR) is 77.5 cm³/mol. The number of amides is 2. The fourth-order valence-electron chi connectivity index (χ4n) is 1.86. The molecule has 0 fully saturated rings. The first kappa shape index (κ1) is 13.4. The number of hydrogen-bond donors (Lipinski definition) is 2. The van der Waals surface area contributed by atoms with Crippen molar-refractivity contribution in [1.82, 2.24) is 5.32 Å². The largest absolute Gasteiger partial charge is 0.385 e. The lowest BCUT2D eigenvalue weighted by Gasteiger charge is -2.08. The molecule has 0 bridgehead atoms. The van der Waals surface area contributed by atoms with Crippen molar-refractivity contribution in [3.05, 3.63) is 42.5 Å². The zero-order valence-corrected chi connectivity index (χ0v) is 11.0. The quantitative estimate of drug-likeness (QED) is 0.810. The van der Waals surface area contributed by atoms with Gasteiger partial charge in [0.25, 0.3) is 0 Å². The van der Waals surface area contributed by atoms with E-state index in [1.807, 2.05) is 42.5 Å². The number of urea groups is 1. The molecule has 0 aliphatic heterocycles. The molecule has 2 amide bonds. The summed E-state index contributed by atoms with van der Waals surface area (Å²) in [6.07, 6.45) is 0.807. The molecule has 0 radical (unpaired) electrons. The van der Waals surface area contributed by atoms with E-state index in [0.717, 1.165) is 22.9 Å². The predicted octanol–water partition coefficient (Wildman–Crippen LogP) is 3.00. The second-order valence-electron chi connectivity index (χ2n) is 4.29. The molecule has 0 atom stereocenters. The summed E-state index contributed by atoms with van der Waals surface area (Å²) in [5.41, 5.74) is 0.794. The Balaban J connectivity index is 1.91. The fourth-order valence-corrected chi connectivity index (χ4v) is 1.86. The molecule has 2 rings (SSSR count). The van der Waals surface area contributed by atoms with Crippen molar-refractivity contribution >= 4 is 22.5 Å². The van der Waals surface area contributed by atoms with Gasteiger partial charge in [0.1, 0.15) is 0 Å². The number of nitrogens with one attached hydrogen (secondary N) is 2. The zero-order valence-electron chi connectivity index (χ0n) is 11.0. The molecule has 4 nitrogen and oxygen atoms in total. The summed E-state index contributed by atoms with van der Waals surface area (Å²) in [6.45, 7) is 1.25.